The van der Waals surface area contributed by atoms with Crippen molar-refractivity contribution in [3.05, 3.63) is 30.0 Å². The van der Waals surface area contributed by atoms with Crippen molar-refractivity contribution >= 4 is 23.3 Å². The Bertz CT molecular complexity index is 529. The maximum atomic E-state index is 10.6. The lowest BCUT2D eigenvalue weighted by Crippen LogP contribution is -2.02. The monoisotopic (exact) mass is 205 g/mol. The molecule has 0 amide bonds. The number of benzene rings is 1. The second-order valence-corrected chi connectivity index (χ2v) is 2.94. The molecule has 0 spiro atoms. The van der Waals surface area contributed by atoms with Crippen LogP contribution in [0.5, 0.6) is 5.75 Å². The smallest absolute Gasteiger partial charge is 0.449 e. The third kappa shape index (κ3) is 1.67. The van der Waals surface area contributed by atoms with Gasteiger partial charge in [-0.3, -0.25) is 4.79 Å². The fourth-order valence-corrected chi connectivity index (χ4v) is 1.39. The standard InChI is InChI=1S/C10H7NO4/c12-5-6-4-11-9-3-7(15-10(13)14)1-2-8(6)9/h1-5,11H,(H,13,14). The Morgan fingerprint density at radius 2 is 2.27 bits per heavy atom. The Morgan fingerprint density at radius 1 is 1.47 bits per heavy atom. The van der Waals surface area contributed by atoms with Crippen molar-refractivity contribution in [1.29, 1.82) is 0 Å². The highest BCUT2D eigenvalue weighted by Gasteiger charge is 2.05. The first-order valence-corrected chi connectivity index (χ1v) is 4.18. The second-order valence-electron chi connectivity index (χ2n) is 2.94. The molecular weight excluding hydrogens is 198 g/mol. The van der Waals surface area contributed by atoms with Crippen LogP contribution in [0, 0.1) is 0 Å². The molecule has 0 aliphatic rings. The molecule has 0 fully saturated rings. The van der Waals surface area contributed by atoms with E-state index in [0.29, 0.717) is 11.1 Å². The first-order chi connectivity index (χ1) is 7.20. The number of hydrogen-bond donors (Lipinski definition) is 2. The van der Waals surface area contributed by atoms with Crippen molar-refractivity contribution < 1.29 is 19.4 Å². The van der Waals surface area contributed by atoms with Gasteiger partial charge in [0.1, 0.15) is 5.75 Å². The zero-order valence-electron chi connectivity index (χ0n) is 7.56. The topological polar surface area (TPSA) is 79.4 Å². The van der Waals surface area contributed by atoms with Gasteiger partial charge < -0.3 is 14.8 Å². The molecule has 0 bridgehead atoms. The highest BCUT2D eigenvalue weighted by molar-refractivity contribution is 5.97. The number of aromatic nitrogens is 1. The van der Waals surface area contributed by atoms with Gasteiger partial charge in [-0.25, -0.2) is 4.79 Å². The van der Waals surface area contributed by atoms with E-state index in [2.05, 4.69) is 9.72 Å². The molecule has 1 heterocycles. The predicted octanol–water partition coefficient (Wildman–Crippen LogP) is 2.04. The molecule has 0 atom stereocenters. The summed E-state index contributed by atoms with van der Waals surface area (Å²) in [6, 6.07) is 4.65. The molecule has 1 aromatic carbocycles. The van der Waals surface area contributed by atoms with Gasteiger partial charge in [0.25, 0.3) is 0 Å². The Morgan fingerprint density at radius 3 is 2.93 bits per heavy atom. The van der Waals surface area contributed by atoms with Crippen molar-refractivity contribution in [1.82, 2.24) is 4.98 Å². The molecule has 76 valence electrons. The van der Waals surface area contributed by atoms with Crippen LogP contribution in [0.15, 0.2) is 24.4 Å². The van der Waals surface area contributed by atoms with Crippen LogP contribution >= 0.6 is 0 Å². The lowest BCUT2D eigenvalue weighted by molar-refractivity contribution is 0.112. The van der Waals surface area contributed by atoms with Gasteiger partial charge in [0.2, 0.25) is 0 Å². The lowest BCUT2D eigenvalue weighted by atomic mass is 10.2. The molecule has 1 aromatic heterocycles. The van der Waals surface area contributed by atoms with E-state index in [9.17, 15) is 9.59 Å². The number of carboxylic acid groups (broad SMARTS) is 1. The molecule has 5 heteroatoms. The zero-order chi connectivity index (χ0) is 10.8. The summed E-state index contributed by atoms with van der Waals surface area (Å²) in [6.45, 7) is 0. The Labute approximate surface area is 84.3 Å². The normalized spacial score (nSPS) is 10.1. The Kier molecular flexibility index (Phi) is 2.13. The van der Waals surface area contributed by atoms with Crippen LogP contribution in [0.3, 0.4) is 0 Å². The summed E-state index contributed by atoms with van der Waals surface area (Å²) in [4.78, 5) is 23.7. The van der Waals surface area contributed by atoms with E-state index in [1.54, 1.807) is 12.3 Å². The minimum Gasteiger partial charge on any atom is -0.449 e. The maximum absolute atomic E-state index is 10.6. The molecule has 2 rings (SSSR count). The Balaban J connectivity index is 2.48. The summed E-state index contributed by atoms with van der Waals surface area (Å²) in [5, 5.41) is 9.14. The van der Waals surface area contributed by atoms with Crippen molar-refractivity contribution in [2.45, 2.75) is 0 Å². The number of aromatic amines is 1. The Hall–Kier alpha value is -2.30. The van der Waals surface area contributed by atoms with Crippen LogP contribution in [0.4, 0.5) is 4.79 Å². The number of carbonyl (C=O) groups is 2. The number of ether oxygens (including phenoxy) is 1. The fourth-order valence-electron chi connectivity index (χ4n) is 1.39. The molecule has 0 radical (unpaired) electrons. The van der Waals surface area contributed by atoms with E-state index in [1.165, 1.54) is 12.1 Å². The number of rotatable bonds is 2. The summed E-state index contributed by atoms with van der Waals surface area (Å²) in [7, 11) is 0. The van der Waals surface area contributed by atoms with E-state index in [0.717, 1.165) is 11.7 Å². The molecule has 2 aromatic rings. The zero-order valence-corrected chi connectivity index (χ0v) is 7.56. The second kappa shape index (κ2) is 3.45. The quantitative estimate of drug-likeness (QED) is 0.446. The van der Waals surface area contributed by atoms with Crippen molar-refractivity contribution in [3.8, 4) is 5.75 Å². The van der Waals surface area contributed by atoms with Gasteiger partial charge in [-0.1, -0.05) is 0 Å². The number of H-pyrrole nitrogens is 1. The highest BCUT2D eigenvalue weighted by atomic mass is 16.7. The summed E-state index contributed by atoms with van der Waals surface area (Å²) >= 11 is 0. The van der Waals surface area contributed by atoms with Gasteiger partial charge in [-0.05, 0) is 12.1 Å². The predicted molar refractivity (Wildman–Crippen MR) is 52.3 cm³/mol. The lowest BCUT2D eigenvalue weighted by Gasteiger charge is -1.99. The van der Waals surface area contributed by atoms with Crippen LogP contribution in [-0.4, -0.2) is 22.5 Å². The average molecular weight is 205 g/mol. The van der Waals surface area contributed by atoms with Gasteiger partial charge in [0.05, 0.1) is 0 Å². The molecule has 15 heavy (non-hydrogen) atoms. The molecular formula is C10H7NO4. The van der Waals surface area contributed by atoms with E-state index in [-0.39, 0.29) is 5.75 Å². The molecule has 0 saturated heterocycles. The van der Waals surface area contributed by atoms with Crippen molar-refractivity contribution in [3.63, 3.8) is 0 Å². The number of carbonyl (C=O) groups excluding carboxylic acids is 1. The molecule has 0 aliphatic carbocycles. The van der Waals surface area contributed by atoms with Gasteiger partial charge in [-0.2, -0.15) is 0 Å². The molecule has 0 saturated carbocycles. The summed E-state index contributed by atoms with van der Waals surface area (Å²) in [5.41, 5.74) is 1.20. The van der Waals surface area contributed by atoms with Crippen LogP contribution in [-0.2, 0) is 0 Å². The third-order valence-corrected chi connectivity index (χ3v) is 2.02. The molecule has 0 unspecified atom stereocenters. The van der Waals surface area contributed by atoms with Gasteiger partial charge in [-0.15, -0.1) is 0 Å². The van der Waals surface area contributed by atoms with Crippen LogP contribution < -0.4 is 4.74 Å². The van der Waals surface area contributed by atoms with Gasteiger partial charge in [0, 0.05) is 28.7 Å². The van der Waals surface area contributed by atoms with Gasteiger partial charge >= 0.3 is 6.16 Å². The van der Waals surface area contributed by atoms with Crippen LogP contribution in [0.1, 0.15) is 10.4 Å². The average Bonchev–Trinajstić information content (AvgIpc) is 2.58. The molecule has 0 aliphatic heterocycles. The third-order valence-electron chi connectivity index (χ3n) is 2.02. The van der Waals surface area contributed by atoms with Gasteiger partial charge in [0.15, 0.2) is 6.29 Å². The SMILES string of the molecule is O=Cc1c[nH]c2cc(OC(=O)O)ccc12. The fraction of sp³-hybridized carbons (Fsp3) is 0. The van der Waals surface area contributed by atoms with E-state index < -0.39 is 6.16 Å². The maximum Gasteiger partial charge on any atom is 0.511 e. The minimum atomic E-state index is -1.36. The summed E-state index contributed by atoms with van der Waals surface area (Å²) < 4.78 is 4.47. The number of fused-ring (bicyclic) bond motifs is 1. The first-order valence-electron chi connectivity index (χ1n) is 4.18. The van der Waals surface area contributed by atoms with E-state index >= 15 is 0 Å². The van der Waals surface area contributed by atoms with Crippen LogP contribution in [0.25, 0.3) is 10.9 Å². The first kappa shape index (κ1) is 9.26. The minimum absolute atomic E-state index is 0.217. The molecule has 2 N–H and O–H groups in total. The largest absolute Gasteiger partial charge is 0.511 e. The highest BCUT2D eigenvalue weighted by Crippen LogP contribution is 2.22. The number of aldehydes is 1. The summed E-state index contributed by atoms with van der Waals surface area (Å²) in [5.74, 6) is 0.217. The van der Waals surface area contributed by atoms with E-state index in [4.69, 9.17) is 5.11 Å². The van der Waals surface area contributed by atoms with Crippen molar-refractivity contribution in [2.75, 3.05) is 0 Å². The number of hydrogen-bond acceptors (Lipinski definition) is 3. The molecule has 5 nitrogen and oxygen atoms in total. The number of nitrogens with one attached hydrogen (secondary N) is 1. The van der Waals surface area contributed by atoms with Crippen LogP contribution in [0.2, 0.25) is 0 Å². The van der Waals surface area contributed by atoms with Crippen molar-refractivity contribution in [2.24, 2.45) is 0 Å². The summed E-state index contributed by atoms with van der Waals surface area (Å²) in [6.07, 6.45) is 0.926. The van der Waals surface area contributed by atoms with E-state index in [1.807, 2.05) is 0 Å².